The lowest BCUT2D eigenvalue weighted by molar-refractivity contribution is -0.116. The topological polar surface area (TPSA) is 51.1 Å². The largest absolute Gasteiger partial charge is 0.326 e. The highest BCUT2D eigenvalue weighted by molar-refractivity contribution is 5.96. The van der Waals surface area contributed by atoms with Gasteiger partial charge in [0.2, 0.25) is 11.8 Å². The number of para-hydroxylation sites is 1. The number of rotatable bonds is 4. The maximum atomic E-state index is 12.4. The average Bonchev–Trinajstić information content (AvgIpc) is 3.00. The number of carbonyl (C=O) groups is 2. The predicted octanol–water partition coefficient (Wildman–Crippen LogP) is 4.32. The van der Waals surface area contributed by atoms with Gasteiger partial charge in [0, 0.05) is 30.1 Å². The molecule has 0 saturated carbocycles. The van der Waals surface area contributed by atoms with Crippen LogP contribution < -0.4 is 5.32 Å². The molecule has 1 amide bonds. The summed E-state index contributed by atoms with van der Waals surface area (Å²) >= 11 is 0. The van der Waals surface area contributed by atoms with Crippen molar-refractivity contribution < 1.29 is 9.59 Å². The van der Waals surface area contributed by atoms with Crippen LogP contribution in [0.2, 0.25) is 0 Å². The number of nitrogens with one attached hydrogen (secondary N) is 1. The number of benzene rings is 2. The summed E-state index contributed by atoms with van der Waals surface area (Å²) in [5.41, 5.74) is 3.95. The number of nitrogens with zero attached hydrogens (tertiary/aromatic N) is 1. The second kappa shape index (κ2) is 6.71. The number of hydrogen-bond acceptors (Lipinski definition) is 2. The third-order valence-corrected chi connectivity index (χ3v) is 4.22. The summed E-state index contributed by atoms with van der Waals surface area (Å²) in [6, 6.07) is 15.4. The first-order valence-electron chi connectivity index (χ1n) is 8.01. The normalized spacial score (nSPS) is 10.8. The van der Waals surface area contributed by atoms with Gasteiger partial charge in [-0.05, 0) is 49.2 Å². The third kappa shape index (κ3) is 3.38. The minimum atomic E-state index is -0.150. The third-order valence-electron chi connectivity index (χ3n) is 4.22. The summed E-state index contributed by atoms with van der Waals surface area (Å²) in [6.07, 6.45) is 2.10. The molecule has 3 rings (SSSR count). The van der Waals surface area contributed by atoms with Crippen LogP contribution >= 0.6 is 0 Å². The van der Waals surface area contributed by atoms with Crippen molar-refractivity contribution >= 4 is 28.4 Å². The van der Waals surface area contributed by atoms with E-state index in [4.69, 9.17) is 0 Å². The van der Waals surface area contributed by atoms with Crippen LogP contribution in [0, 0.1) is 13.8 Å². The minimum Gasteiger partial charge on any atom is -0.326 e. The molecule has 1 aromatic heterocycles. The Morgan fingerprint density at radius 2 is 1.75 bits per heavy atom. The summed E-state index contributed by atoms with van der Waals surface area (Å²) in [4.78, 5) is 24.4. The summed E-state index contributed by atoms with van der Waals surface area (Å²) < 4.78 is 1.61. The van der Waals surface area contributed by atoms with Gasteiger partial charge in [-0.3, -0.25) is 14.2 Å². The minimum absolute atomic E-state index is 0.0774. The fourth-order valence-electron chi connectivity index (χ4n) is 2.68. The molecule has 0 radical (unpaired) electrons. The number of hydrogen-bond donors (Lipinski definition) is 1. The van der Waals surface area contributed by atoms with E-state index in [0.717, 1.165) is 22.2 Å². The Hall–Kier alpha value is -2.88. The molecule has 2 aromatic carbocycles. The van der Waals surface area contributed by atoms with E-state index in [0.29, 0.717) is 0 Å². The Bertz CT molecular complexity index is 909. The van der Waals surface area contributed by atoms with Crippen molar-refractivity contribution in [3.63, 3.8) is 0 Å². The molecule has 0 aliphatic rings. The van der Waals surface area contributed by atoms with Crippen LogP contribution in [0.1, 0.15) is 28.8 Å². The van der Waals surface area contributed by atoms with Gasteiger partial charge in [-0.15, -0.1) is 0 Å². The second-order valence-corrected chi connectivity index (χ2v) is 5.99. The van der Waals surface area contributed by atoms with Crippen molar-refractivity contribution in [2.24, 2.45) is 0 Å². The van der Waals surface area contributed by atoms with E-state index in [-0.39, 0.29) is 24.7 Å². The first kappa shape index (κ1) is 16.0. The molecule has 4 heteroatoms. The van der Waals surface area contributed by atoms with Crippen molar-refractivity contribution in [1.82, 2.24) is 4.57 Å². The van der Waals surface area contributed by atoms with Gasteiger partial charge in [0.05, 0.1) is 5.52 Å². The van der Waals surface area contributed by atoms with Gasteiger partial charge in [0.15, 0.2) is 0 Å². The Balaban J connectivity index is 1.61. The van der Waals surface area contributed by atoms with Gasteiger partial charge in [-0.1, -0.05) is 24.3 Å². The molecule has 1 heterocycles. The molecule has 0 saturated heterocycles. The van der Waals surface area contributed by atoms with Gasteiger partial charge in [-0.2, -0.15) is 0 Å². The molecular weight excluding hydrogens is 300 g/mol. The van der Waals surface area contributed by atoms with Crippen LogP contribution in [0.5, 0.6) is 0 Å². The maximum Gasteiger partial charge on any atom is 0.231 e. The Kier molecular flexibility index (Phi) is 4.47. The first-order chi connectivity index (χ1) is 11.5. The molecule has 3 aromatic rings. The van der Waals surface area contributed by atoms with E-state index in [1.165, 1.54) is 5.56 Å². The zero-order valence-corrected chi connectivity index (χ0v) is 13.9. The molecule has 0 atom stereocenters. The fourth-order valence-corrected chi connectivity index (χ4v) is 2.68. The van der Waals surface area contributed by atoms with Gasteiger partial charge in [0.25, 0.3) is 0 Å². The standard InChI is InChI=1S/C20H20N2O2/c1-14-7-8-17(13-15(14)2)21-19(23)9-10-20(24)22-12-11-16-5-3-4-6-18(16)22/h3-8,11-13H,9-10H2,1-2H3,(H,21,23). The number of aromatic nitrogens is 1. The molecule has 0 fully saturated rings. The number of carbonyl (C=O) groups excluding carboxylic acids is 2. The van der Waals surface area contributed by atoms with E-state index < -0.39 is 0 Å². The van der Waals surface area contributed by atoms with E-state index in [1.807, 2.05) is 62.4 Å². The van der Waals surface area contributed by atoms with Crippen molar-refractivity contribution in [3.05, 3.63) is 65.9 Å². The summed E-state index contributed by atoms with van der Waals surface area (Å²) in [6.45, 7) is 4.03. The monoisotopic (exact) mass is 320 g/mol. The molecular formula is C20H20N2O2. The Morgan fingerprint density at radius 3 is 2.54 bits per heavy atom. The maximum absolute atomic E-state index is 12.4. The molecule has 24 heavy (non-hydrogen) atoms. The number of fused-ring (bicyclic) bond motifs is 1. The van der Waals surface area contributed by atoms with Crippen LogP contribution in [0.4, 0.5) is 5.69 Å². The van der Waals surface area contributed by atoms with Gasteiger partial charge in [0.1, 0.15) is 0 Å². The second-order valence-electron chi connectivity index (χ2n) is 5.99. The zero-order valence-electron chi connectivity index (χ0n) is 13.9. The lowest BCUT2D eigenvalue weighted by Gasteiger charge is -2.08. The first-order valence-corrected chi connectivity index (χ1v) is 8.01. The van der Waals surface area contributed by atoms with Gasteiger partial charge >= 0.3 is 0 Å². The SMILES string of the molecule is Cc1ccc(NC(=O)CCC(=O)n2ccc3ccccc32)cc1C. The Morgan fingerprint density at radius 1 is 0.958 bits per heavy atom. The van der Waals surface area contributed by atoms with E-state index in [2.05, 4.69) is 5.32 Å². The molecule has 1 N–H and O–H groups in total. The average molecular weight is 320 g/mol. The van der Waals surface area contributed by atoms with E-state index in [1.54, 1.807) is 10.8 Å². The number of aryl methyl sites for hydroxylation is 2. The molecule has 4 nitrogen and oxygen atoms in total. The summed E-state index contributed by atoms with van der Waals surface area (Å²) in [5, 5.41) is 3.87. The van der Waals surface area contributed by atoms with Crippen LogP contribution in [0.15, 0.2) is 54.7 Å². The van der Waals surface area contributed by atoms with Crippen molar-refractivity contribution in [3.8, 4) is 0 Å². The highest BCUT2D eigenvalue weighted by Gasteiger charge is 2.11. The highest BCUT2D eigenvalue weighted by atomic mass is 16.2. The van der Waals surface area contributed by atoms with E-state index in [9.17, 15) is 9.59 Å². The molecule has 0 spiro atoms. The lowest BCUT2D eigenvalue weighted by atomic mass is 10.1. The van der Waals surface area contributed by atoms with Crippen LogP contribution in [0.3, 0.4) is 0 Å². The van der Waals surface area contributed by atoms with Crippen LogP contribution in [-0.4, -0.2) is 16.4 Å². The van der Waals surface area contributed by atoms with Gasteiger partial charge in [-0.25, -0.2) is 0 Å². The molecule has 0 aliphatic carbocycles. The fraction of sp³-hybridized carbons (Fsp3) is 0.200. The quantitative estimate of drug-likeness (QED) is 0.778. The van der Waals surface area contributed by atoms with E-state index >= 15 is 0 Å². The molecule has 122 valence electrons. The summed E-state index contributed by atoms with van der Waals surface area (Å²) in [5.74, 6) is -0.227. The Labute approximate surface area is 141 Å². The zero-order chi connectivity index (χ0) is 17.1. The predicted molar refractivity (Wildman–Crippen MR) is 96.3 cm³/mol. The number of amides is 1. The van der Waals surface area contributed by atoms with Crippen molar-refractivity contribution in [1.29, 1.82) is 0 Å². The lowest BCUT2D eigenvalue weighted by Crippen LogP contribution is -2.16. The van der Waals surface area contributed by atoms with Crippen molar-refractivity contribution in [2.75, 3.05) is 5.32 Å². The smallest absolute Gasteiger partial charge is 0.231 e. The summed E-state index contributed by atoms with van der Waals surface area (Å²) in [7, 11) is 0. The van der Waals surface area contributed by atoms with Gasteiger partial charge < -0.3 is 5.32 Å². The number of anilines is 1. The van der Waals surface area contributed by atoms with Crippen LogP contribution in [0.25, 0.3) is 10.9 Å². The van der Waals surface area contributed by atoms with Crippen molar-refractivity contribution in [2.45, 2.75) is 26.7 Å². The molecule has 0 aliphatic heterocycles. The molecule has 0 unspecified atom stereocenters. The molecule has 0 bridgehead atoms. The van der Waals surface area contributed by atoms with Crippen LogP contribution in [-0.2, 0) is 4.79 Å². The highest BCUT2D eigenvalue weighted by Crippen LogP contribution is 2.17.